The lowest BCUT2D eigenvalue weighted by Crippen LogP contribution is -2.12. The van der Waals surface area contributed by atoms with Crippen molar-refractivity contribution < 1.29 is 0 Å². The Morgan fingerprint density at radius 2 is 2.00 bits per heavy atom. The van der Waals surface area contributed by atoms with Crippen molar-refractivity contribution >= 4 is 12.4 Å². The summed E-state index contributed by atoms with van der Waals surface area (Å²) in [6, 6.07) is 6.51. The zero-order valence-corrected chi connectivity index (χ0v) is 10.5. The Bertz CT molecular complexity index is 344. The first-order valence-electron chi connectivity index (χ1n) is 4.98. The second kappa shape index (κ2) is 5.94. The minimum atomic E-state index is 0. The molecule has 1 rings (SSSR count). The van der Waals surface area contributed by atoms with Crippen molar-refractivity contribution in [2.45, 2.75) is 33.2 Å². The highest BCUT2D eigenvalue weighted by Crippen LogP contribution is 2.22. The lowest BCUT2D eigenvalue weighted by atomic mass is 9.95. The molecule has 1 aromatic carbocycles. The summed E-state index contributed by atoms with van der Waals surface area (Å²) in [6.45, 7) is 10.1. The average molecular weight is 226 g/mol. The van der Waals surface area contributed by atoms with E-state index in [-0.39, 0.29) is 18.4 Å². The van der Waals surface area contributed by atoms with E-state index in [1.165, 1.54) is 16.7 Å². The first-order chi connectivity index (χ1) is 6.50. The van der Waals surface area contributed by atoms with Gasteiger partial charge in [-0.3, -0.25) is 0 Å². The second-order valence-corrected chi connectivity index (χ2v) is 4.13. The number of halogens is 1. The van der Waals surface area contributed by atoms with Crippen LogP contribution in [0.1, 0.15) is 36.1 Å². The number of nitrogens with two attached hydrogens (primary N) is 1. The van der Waals surface area contributed by atoms with E-state index in [0.29, 0.717) is 0 Å². The zero-order valence-electron chi connectivity index (χ0n) is 9.71. The van der Waals surface area contributed by atoms with Gasteiger partial charge in [0, 0.05) is 6.04 Å². The lowest BCUT2D eigenvalue weighted by Gasteiger charge is -2.15. The van der Waals surface area contributed by atoms with Crippen LogP contribution in [0.25, 0.3) is 0 Å². The van der Waals surface area contributed by atoms with Crippen molar-refractivity contribution in [1.29, 1.82) is 0 Å². The maximum absolute atomic E-state index is 6.10. The molecule has 0 aliphatic rings. The zero-order chi connectivity index (χ0) is 10.7. The predicted molar refractivity (Wildman–Crippen MR) is 69.5 cm³/mol. The largest absolute Gasteiger partial charge is 0.324 e. The topological polar surface area (TPSA) is 26.0 Å². The summed E-state index contributed by atoms with van der Waals surface area (Å²) in [7, 11) is 0. The van der Waals surface area contributed by atoms with Crippen molar-refractivity contribution in [2.75, 3.05) is 0 Å². The Hall–Kier alpha value is -0.790. The summed E-state index contributed by atoms with van der Waals surface area (Å²) in [4.78, 5) is 0. The number of benzene rings is 1. The summed E-state index contributed by atoms with van der Waals surface area (Å²) in [6.07, 6.45) is 0.865. The Morgan fingerprint density at radius 3 is 2.53 bits per heavy atom. The number of hydrogen-bond donors (Lipinski definition) is 1. The lowest BCUT2D eigenvalue weighted by molar-refractivity contribution is 0.711. The minimum absolute atomic E-state index is 0. The van der Waals surface area contributed by atoms with Gasteiger partial charge in [0.25, 0.3) is 0 Å². The Kier molecular flexibility index (Phi) is 5.63. The smallest absolute Gasteiger partial charge is 0.0335 e. The molecule has 0 fully saturated rings. The Labute approximate surface area is 98.8 Å². The molecule has 0 unspecified atom stereocenters. The van der Waals surface area contributed by atoms with Crippen LogP contribution in [-0.2, 0) is 0 Å². The van der Waals surface area contributed by atoms with Gasteiger partial charge in [-0.05, 0) is 38.3 Å². The fourth-order valence-corrected chi connectivity index (χ4v) is 1.64. The van der Waals surface area contributed by atoms with Crippen LogP contribution >= 0.6 is 12.4 Å². The van der Waals surface area contributed by atoms with Crippen LogP contribution in [0.4, 0.5) is 0 Å². The molecule has 2 N–H and O–H groups in total. The summed E-state index contributed by atoms with van der Waals surface area (Å²) in [5.74, 6) is 0. The van der Waals surface area contributed by atoms with Crippen molar-refractivity contribution in [2.24, 2.45) is 5.73 Å². The van der Waals surface area contributed by atoms with Gasteiger partial charge in [-0.2, -0.15) is 0 Å². The van der Waals surface area contributed by atoms with Gasteiger partial charge in [0.1, 0.15) is 0 Å². The summed E-state index contributed by atoms with van der Waals surface area (Å²) < 4.78 is 0. The first-order valence-corrected chi connectivity index (χ1v) is 4.98. The standard InChI is InChI=1S/C13H19N.ClH/c1-9(2)7-13(14)12-8-10(3)5-6-11(12)4;/h5-6,8,13H,1,7,14H2,2-4H3;1H/t13-;/m0./s1. The molecule has 0 aromatic heterocycles. The molecule has 1 aromatic rings. The molecule has 0 heterocycles. The van der Waals surface area contributed by atoms with Gasteiger partial charge in [0.2, 0.25) is 0 Å². The van der Waals surface area contributed by atoms with Crippen LogP contribution in [0, 0.1) is 13.8 Å². The third-order valence-electron chi connectivity index (χ3n) is 2.40. The van der Waals surface area contributed by atoms with Crippen molar-refractivity contribution in [3.63, 3.8) is 0 Å². The molecule has 0 saturated carbocycles. The van der Waals surface area contributed by atoms with Gasteiger partial charge in [0.15, 0.2) is 0 Å². The molecule has 15 heavy (non-hydrogen) atoms. The van der Waals surface area contributed by atoms with Gasteiger partial charge in [0.05, 0.1) is 0 Å². The summed E-state index contributed by atoms with van der Waals surface area (Å²) in [5, 5.41) is 0. The molecule has 2 heteroatoms. The summed E-state index contributed by atoms with van der Waals surface area (Å²) in [5.41, 5.74) is 11.0. The average Bonchev–Trinajstić information content (AvgIpc) is 2.08. The van der Waals surface area contributed by atoms with Crippen molar-refractivity contribution in [1.82, 2.24) is 0 Å². The minimum Gasteiger partial charge on any atom is -0.324 e. The van der Waals surface area contributed by atoms with Gasteiger partial charge in [-0.25, -0.2) is 0 Å². The predicted octanol–water partition coefficient (Wildman–Crippen LogP) is 3.69. The monoisotopic (exact) mass is 225 g/mol. The van der Waals surface area contributed by atoms with Crippen LogP contribution in [0.2, 0.25) is 0 Å². The van der Waals surface area contributed by atoms with Crippen molar-refractivity contribution in [3.8, 4) is 0 Å². The van der Waals surface area contributed by atoms with Crippen LogP contribution in [0.3, 0.4) is 0 Å². The van der Waals surface area contributed by atoms with Crippen LogP contribution in [0.5, 0.6) is 0 Å². The van der Waals surface area contributed by atoms with Gasteiger partial charge in [-0.1, -0.05) is 29.3 Å². The molecule has 0 bridgehead atoms. The number of aryl methyl sites for hydroxylation is 2. The number of rotatable bonds is 3. The molecule has 0 saturated heterocycles. The molecular weight excluding hydrogens is 206 g/mol. The van der Waals surface area contributed by atoms with E-state index >= 15 is 0 Å². The molecule has 1 nitrogen and oxygen atoms in total. The normalized spacial score (nSPS) is 11.7. The van der Waals surface area contributed by atoms with Gasteiger partial charge in [-0.15, -0.1) is 19.0 Å². The van der Waals surface area contributed by atoms with Crippen LogP contribution < -0.4 is 5.73 Å². The van der Waals surface area contributed by atoms with E-state index in [1.54, 1.807) is 0 Å². The maximum atomic E-state index is 6.10. The third-order valence-corrected chi connectivity index (χ3v) is 2.40. The first kappa shape index (κ1) is 14.2. The Balaban J connectivity index is 0.00000196. The molecule has 0 aliphatic heterocycles. The summed E-state index contributed by atoms with van der Waals surface area (Å²) >= 11 is 0. The van der Waals surface area contributed by atoms with E-state index < -0.39 is 0 Å². The van der Waals surface area contributed by atoms with Gasteiger partial charge >= 0.3 is 0 Å². The van der Waals surface area contributed by atoms with E-state index in [1.807, 2.05) is 6.92 Å². The molecule has 84 valence electrons. The second-order valence-electron chi connectivity index (χ2n) is 4.13. The van der Waals surface area contributed by atoms with Crippen molar-refractivity contribution in [3.05, 3.63) is 47.0 Å². The van der Waals surface area contributed by atoms with E-state index in [4.69, 9.17) is 5.73 Å². The molecule has 0 aliphatic carbocycles. The van der Waals surface area contributed by atoms with Crippen LogP contribution in [-0.4, -0.2) is 0 Å². The highest BCUT2D eigenvalue weighted by atomic mass is 35.5. The van der Waals surface area contributed by atoms with E-state index in [0.717, 1.165) is 12.0 Å². The highest BCUT2D eigenvalue weighted by Gasteiger charge is 2.08. The number of hydrogen-bond acceptors (Lipinski definition) is 1. The van der Waals surface area contributed by atoms with Crippen LogP contribution in [0.15, 0.2) is 30.4 Å². The Morgan fingerprint density at radius 1 is 1.40 bits per heavy atom. The van der Waals surface area contributed by atoms with E-state index in [2.05, 4.69) is 38.6 Å². The molecule has 0 radical (unpaired) electrons. The highest BCUT2D eigenvalue weighted by molar-refractivity contribution is 5.85. The maximum Gasteiger partial charge on any atom is 0.0335 e. The molecular formula is C13H20ClN. The van der Waals surface area contributed by atoms with Gasteiger partial charge < -0.3 is 5.73 Å². The third kappa shape index (κ3) is 4.06. The molecule has 0 amide bonds. The quantitative estimate of drug-likeness (QED) is 0.781. The molecule has 0 spiro atoms. The fraction of sp³-hybridized carbons (Fsp3) is 0.385. The molecule has 1 atom stereocenters. The fourth-order valence-electron chi connectivity index (χ4n) is 1.64. The SMILES string of the molecule is C=C(C)C[C@H](N)c1cc(C)ccc1C.Cl. The van der Waals surface area contributed by atoms with E-state index in [9.17, 15) is 0 Å².